The zero-order valence-electron chi connectivity index (χ0n) is 14.7. The molecule has 1 aromatic carbocycles. The Labute approximate surface area is 140 Å². The molecule has 1 heterocycles. The van der Waals surface area contributed by atoms with Crippen LogP contribution in [0.3, 0.4) is 0 Å². The lowest BCUT2D eigenvalue weighted by molar-refractivity contribution is -0.122. The molecule has 1 aliphatic heterocycles. The van der Waals surface area contributed by atoms with Crippen LogP contribution >= 0.6 is 0 Å². The van der Waals surface area contributed by atoms with E-state index in [4.69, 9.17) is 4.74 Å². The van der Waals surface area contributed by atoms with Crippen molar-refractivity contribution in [2.24, 2.45) is 5.92 Å². The average molecular weight is 318 g/mol. The second kappa shape index (κ2) is 9.04. The van der Waals surface area contributed by atoms with E-state index in [1.807, 2.05) is 0 Å². The largest absolute Gasteiger partial charge is 0.379 e. The van der Waals surface area contributed by atoms with Crippen LogP contribution in [0.25, 0.3) is 0 Å². The molecule has 1 atom stereocenters. The third-order valence-corrected chi connectivity index (χ3v) is 4.35. The van der Waals surface area contributed by atoms with Crippen LogP contribution in [0.15, 0.2) is 24.3 Å². The van der Waals surface area contributed by atoms with Gasteiger partial charge in [-0.1, -0.05) is 45.0 Å². The van der Waals surface area contributed by atoms with E-state index in [9.17, 15) is 4.79 Å². The number of nitrogens with zero attached hydrogens (tertiary/aromatic N) is 1. The Morgan fingerprint density at radius 1 is 1.22 bits per heavy atom. The lowest BCUT2D eigenvalue weighted by atomic mass is 10.0. The minimum Gasteiger partial charge on any atom is -0.379 e. The van der Waals surface area contributed by atoms with E-state index in [2.05, 4.69) is 55.3 Å². The predicted molar refractivity (Wildman–Crippen MR) is 93.4 cm³/mol. The highest BCUT2D eigenvalue weighted by atomic mass is 16.5. The minimum atomic E-state index is 0.142. The maximum Gasteiger partial charge on any atom is 0.220 e. The van der Waals surface area contributed by atoms with E-state index in [0.717, 1.165) is 32.7 Å². The SMILES string of the molecule is CCc1ccc(C(CNC(=O)CC(C)C)N2CCOCC2)cc1. The van der Waals surface area contributed by atoms with E-state index in [0.29, 0.717) is 18.9 Å². The highest BCUT2D eigenvalue weighted by Crippen LogP contribution is 2.22. The molecule has 1 amide bonds. The van der Waals surface area contributed by atoms with E-state index in [-0.39, 0.29) is 11.9 Å². The topological polar surface area (TPSA) is 41.6 Å². The molecular formula is C19H30N2O2. The van der Waals surface area contributed by atoms with Crippen molar-refractivity contribution in [2.75, 3.05) is 32.8 Å². The van der Waals surface area contributed by atoms with Gasteiger partial charge in [0.15, 0.2) is 0 Å². The second-order valence-corrected chi connectivity index (χ2v) is 6.66. The lowest BCUT2D eigenvalue weighted by Crippen LogP contribution is -2.44. The van der Waals surface area contributed by atoms with Crippen LogP contribution < -0.4 is 5.32 Å². The maximum atomic E-state index is 12.0. The highest BCUT2D eigenvalue weighted by molar-refractivity contribution is 5.76. The molecule has 0 radical (unpaired) electrons. The molecule has 0 saturated carbocycles. The molecule has 1 aliphatic rings. The number of hydrogen-bond acceptors (Lipinski definition) is 3. The number of ether oxygens (including phenoxy) is 1. The van der Waals surface area contributed by atoms with Crippen LogP contribution in [-0.4, -0.2) is 43.7 Å². The van der Waals surface area contributed by atoms with Crippen LogP contribution in [0.5, 0.6) is 0 Å². The molecular weight excluding hydrogens is 288 g/mol. The molecule has 1 aromatic rings. The first-order chi connectivity index (χ1) is 11.1. The number of morpholine rings is 1. The van der Waals surface area contributed by atoms with Crippen molar-refractivity contribution >= 4 is 5.91 Å². The molecule has 1 N–H and O–H groups in total. The molecule has 0 bridgehead atoms. The van der Waals surface area contributed by atoms with Gasteiger partial charge in [-0.2, -0.15) is 0 Å². The van der Waals surface area contributed by atoms with Gasteiger partial charge in [-0.15, -0.1) is 0 Å². The molecule has 4 heteroatoms. The molecule has 1 unspecified atom stereocenters. The summed E-state index contributed by atoms with van der Waals surface area (Å²) in [5.41, 5.74) is 2.62. The normalized spacial score (nSPS) is 17.2. The highest BCUT2D eigenvalue weighted by Gasteiger charge is 2.23. The summed E-state index contributed by atoms with van der Waals surface area (Å²) in [7, 11) is 0. The predicted octanol–water partition coefficient (Wildman–Crippen LogP) is 2.78. The smallest absolute Gasteiger partial charge is 0.220 e. The number of benzene rings is 1. The van der Waals surface area contributed by atoms with Gasteiger partial charge in [-0.25, -0.2) is 0 Å². The van der Waals surface area contributed by atoms with E-state index in [1.165, 1.54) is 11.1 Å². The zero-order chi connectivity index (χ0) is 16.7. The molecule has 0 aromatic heterocycles. The first-order valence-corrected chi connectivity index (χ1v) is 8.77. The van der Waals surface area contributed by atoms with Gasteiger partial charge in [0.05, 0.1) is 19.3 Å². The van der Waals surface area contributed by atoms with Crippen molar-refractivity contribution < 1.29 is 9.53 Å². The van der Waals surface area contributed by atoms with Crippen molar-refractivity contribution in [2.45, 2.75) is 39.7 Å². The Bertz CT molecular complexity index is 479. The lowest BCUT2D eigenvalue weighted by Gasteiger charge is -2.35. The summed E-state index contributed by atoms with van der Waals surface area (Å²) >= 11 is 0. The third kappa shape index (κ3) is 5.63. The van der Waals surface area contributed by atoms with Crippen molar-refractivity contribution in [3.8, 4) is 0 Å². The van der Waals surface area contributed by atoms with Gasteiger partial charge in [-0.3, -0.25) is 9.69 Å². The van der Waals surface area contributed by atoms with Gasteiger partial charge in [0, 0.05) is 26.1 Å². The number of rotatable bonds is 7. The Kier molecular flexibility index (Phi) is 7.06. The molecule has 2 rings (SSSR count). The molecule has 23 heavy (non-hydrogen) atoms. The van der Waals surface area contributed by atoms with Crippen LogP contribution in [-0.2, 0) is 16.0 Å². The fourth-order valence-electron chi connectivity index (χ4n) is 2.98. The van der Waals surface area contributed by atoms with Crippen LogP contribution in [0.2, 0.25) is 0 Å². The van der Waals surface area contributed by atoms with Gasteiger partial charge < -0.3 is 10.1 Å². The number of amides is 1. The van der Waals surface area contributed by atoms with Crippen molar-refractivity contribution in [1.82, 2.24) is 10.2 Å². The monoisotopic (exact) mass is 318 g/mol. The fraction of sp³-hybridized carbons (Fsp3) is 0.632. The van der Waals surface area contributed by atoms with Gasteiger partial charge in [0.1, 0.15) is 0 Å². The molecule has 1 saturated heterocycles. The molecule has 0 aliphatic carbocycles. The van der Waals surface area contributed by atoms with Crippen LogP contribution in [0, 0.1) is 5.92 Å². The average Bonchev–Trinajstić information content (AvgIpc) is 2.56. The van der Waals surface area contributed by atoms with E-state index < -0.39 is 0 Å². The number of nitrogens with one attached hydrogen (secondary N) is 1. The van der Waals surface area contributed by atoms with Crippen molar-refractivity contribution in [3.05, 3.63) is 35.4 Å². The summed E-state index contributed by atoms with van der Waals surface area (Å²) in [5, 5.41) is 3.12. The number of carbonyl (C=O) groups is 1. The minimum absolute atomic E-state index is 0.142. The Morgan fingerprint density at radius 2 is 1.87 bits per heavy atom. The number of aryl methyl sites for hydroxylation is 1. The van der Waals surface area contributed by atoms with E-state index >= 15 is 0 Å². The third-order valence-electron chi connectivity index (χ3n) is 4.35. The van der Waals surface area contributed by atoms with Crippen molar-refractivity contribution in [3.63, 3.8) is 0 Å². The molecule has 128 valence electrons. The molecule has 1 fully saturated rings. The van der Waals surface area contributed by atoms with Gasteiger partial charge >= 0.3 is 0 Å². The summed E-state index contributed by atoms with van der Waals surface area (Å²) in [6.45, 7) is 10.3. The quantitative estimate of drug-likeness (QED) is 0.840. The summed E-state index contributed by atoms with van der Waals surface area (Å²) in [6.07, 6.45) is 1.64. The number of carbonyl (C=O) groups excluding carboxylic acids is 1. The first kappa shape index (κ1) is 18.0. The Morgan fingerprint density at radius 3 is 2.43 bits per heavy atom. The molecule has 4 nitrogen and oxygen atoms in total. The van der Waals surface area contributed by atoms with Gasteiger partial charge in [0.2, 0.25) is 5.91 Å². The summed E-state index contributed by atoms with van der Waals surface area (Å²) < 4.78 is 5.47. The maximum absolute atomic E-state index is 12.0. The Hall–Kier alpha value is -1.39. The van der Waals surface area contributed by atoms with Gasteiger partial charge in [-0.05, 0) is 23.5 Å². The second-order valence-electron chi connectivity index (χ2n) is 6.66. The Balaban J connectivity index is 2.05. The summed E-state index contributed by atoms with van der Waals surface area (Å²) in [5.74, 6) is 0.532. The first-order valence-electron chi connectivity index (χ1n) is 8.77. The number of hydrogen-bond donors (Lipinski definition) is 1. The van der Waals surface area contributed by atoms with E-state index in [1.54, 1.807) is 0 Å². The van der Waals surface area contributed by atoms with Crippen LogP contribution in [0.4, 0.5) is 0 Å². The summed E-state index contributed by atoms with van der Waals surface area (Å²) in [6, 6.07) is 9.01. The fourth-order valence-corrected chi connectivity index (χ4v) is 2.98. The van der Waals surface area contributed by atoms with Crippen molar-refractivity contribution in [1.29, 1.82) is 0 Å². The molecule has 0 spiro atoms. The van der Waals surface area contributed by atoms with Crippen LogP contribution in [0.1, 0.15) is 44.4 Å². The van der Waals surface area contributed by atoms with Gasteiger partial charge in [0.25, 0.3) is 0 Å². The standard InChI is InChI=1S/C19H30N2O2/c1-4-16-5-7-17(8-6-16)18(21-9-11-23-12-10-21)14-20-19(22)13-15(2)3/h5-8,15,18H,4,9-14H2,1-3H3,(H,20,22). The zero-order valence-corrected chi connectivity index (χ0v) is 14.7. The summed E-state index contributed by atoms with van der Waals surface area (Å²) in [4.78, 5) is 14.4.